The highest BCUT2D eigenvalue weighted by atomic mass is 32.2. The zero-order chi connectivity index (χ0) is 23.2. The Balaban J connectivity index is 1.54. The number of carbonyl (C=O) groups excluding carboxylic acids is 2. The molecule has 1 aromatic heterocycles. The lowest BCUT2D eigenvalue weighted by atomic mass is 10.1. The molecule has 1 aliphatic rings. The van der Waals surface area contributed by atoms with Crippen molar-refractivity contribution in [1.82, 2.24) is 20.2 Å². The number of nitrogens with one attached hydrogen (secondary N) is 1. The molecule has 0 saturated carbocycles. The van der Waals surface area contributed by atoms with Crippen LogP contribution in [-0.4, -0.2) is 39.8 Å². The Kier molecular flexibility index (Phi) is 7.19. The summed E-state index contributed by atoms with van der Waals surface area (Å²) in [6, 6.07) is 21.8. The van der Waals surface area contributed by atoms with Crippen LogP contribution in [0.3, 0.4) is 0 Å². The topological polar surface area (TPSA) is 75.2 Å². The average molecular weight is 459 g/mol. The highest BCUT2D eigenvalue weighted by Gasteiger charge is 2.39. The molecular weight excluding hydrogens is 432 g/mol. The molecule has 6 nitrogen and oxygen atoms in total. The number of amides is 2. The van der Waals surface area contributed by atoms with Gasteiger partial charge in [0.1, 0.15) is 10.6 Å². The number of rotatable bonds is 9. The number of aromatic nitrogens is 2. The zero-order valence-corrected chi connectivity index (χ0v) is 19.6. The highest BCUT2D eigenvalue weighted by molar-refractivity contribution is 8.04. The first-order valence-electron chi connectivity index (χ1n) is 10.9. The lowest BCUT2D eigenvalue weighted by Crippen LogP contribution is -2.35. The van der Waals surface area contributed by atoms with Crippen molar-refractivity contribution < 1.29 is 9.59 Å². The Morgan fingerprint density at radius 1 is 0.818 bits per heavy atom. The predicted octanol–water partition coefficient (Wildman–Crippen LogP) is 3.84. The first-order chi connectivity index (χ1) is 16.0. The lowest BCUT2D eigenvalue weighted by Gasteiger charge is -2.15. The fourth-order valence-corrected chi connectivity index (χ4v) is 4.72. The maximum atomic E-state index is 13.3. The van der Waals surface area contributed by atoms with Crippen LogP contribution >= 0.6 is 11.8 Å². The molecule has 0 spiro atoms. The van der Waals surface area contributed by atoms with Crippen LogP contribution in [0.25, 0.3) is 0 Å². The smallest absolute Gasteiger partial charge is 0.278 e. The van der Waals surface area contributed by atoms with E-state index in [4.69, 9.17) is 0 Å². The molecule has 0 bridgehead atoms. The highest BCUT2D eigenvalue weighted by Crippen LogP contribution is 2.33. The van der Waals surface area contributed by atoms with Gasteiger partial charge in [-0.1, -0.05) is 60.7 Å². The van der Waals surface area contributed by atoms with Crippen molar-refractivity contribution in [2.24, 2.45) is 0 Å². The Bertz CT molecular complexity index is 1160. The van der Waals surface area contributed by atoms with Crippen molar-refractivity contribution >= 4 is 23.6 Å². The SMILES string of the molecule is Cc1cc(C)nc(SC2=C(NCCc3ccccc3)C(=O)N(CCc3ccccc3)C2=O)n1. The van der Waals surface area contributed by atoms with E-state index in [0.717, 1.165) is 40.7 Å². The van der Waals surface area contributed by atoms with Gasteiger partial charge < -0.3 is 5.32 Å². The van der Waals surface area contributed by atoms with Gasteiger partial charge in [-0.15, -0.1) is 0 Å². The third-order valence-electron chi connectivity index (χ3n) is 5.31. The molecule has 1 aliphatic heterocycles. The van der Waals surface area contributed by atoms with Crippen molar-refractivity contribution in [2.45, 2.75) is 31.8 Å². The Hall–Kier alpha value is -3.45. The van der Waals surface area contributed by atoms with Crippen LogP contribution in [0.4, 0.5) is 0 Å². The van der Waals surface area contributed by atoms with Crippen LogP contribution in [0.1, 0.15) is 22.5 Å². The summed E-state index contributed by atoms with van der Waals surface area (Å²) in [6.45, 7) is 4.64. The van der Waals surface area contributed by atoms with Crippen molar-refractivity contribution in [3.05, 3.63) is 99.8 Å². The van der Waals surface area contributed by atoms with Crippen LogP contribution in [-0.2, 0) is 22.4 Å². The number of hydrogen-bond donors (Lipinski definition) is 1. The first-order valence-corrected chi connectivity index (χ1v) is 11.8. The summed E-state index contributed by atoms with van der Waals surface area (Å²) < 4.78 is 0. The Morgan fingerprint density at radius 2 is 1.39 bits per heavy atom. The normalized spacial score (nSPS) is 13.7. The third-order valence-corrected chi connectivity index (χ3v) is 6.25. The van der Waals surface area contributed by atoms with Gasteiger partial charge in [0, 0.05) is 24.5 Å². The Labute approximate surface area is 198 Å². The van der Waals surface area contributed by atoms with E-state index >= 15 is 0 Å². The lowest BCUT2D eigenvalue weighted by molar-refractivity contribution is -0.137. The summed E-state index contributed by atoms with van der Waals surface area (Å²) in [4.78, 5) is 37.1. The number of thioether (sulfide) groups is 1. The number of hydrogen-bond acceptors (Lipinski definition) is 6. The number of benzene rings is 2. The molecule has 1 N–H and O–H groups in total. The van der Waals surface area contributed by atoms with Gasteiger partial charge in [-0.3, -0.25) is 14.5 Å². The monoisotopic (exact) mass is 458 g/mol. The number of carbonyl (C=O) groups is 2. The average Bonchev–Trinajstić information content (AvgIpc) is 3.02. The molecule has 2 amide bonds. The van der Waals surface area contributed by atoms with Gasteiger partial charge in [-0.25, -0.2) is 9.97 Å². The fourth-order valence-electron chi connectivity index (χ4n) is 3.70. The van der Waals surface area contributed by atoms with E-state index in [1.807, 2.05) is 80.6 Å². The maximum absolute atomic E-state index is 13.3. The van der Waals surface area contributed by atoms with Gasteiger partial charge in [0.05, 0.1) is 0 Å². The van der Waals surface area contributed by atoms with Crippen molar-refractivity contribution in [3.63, 3.8) is 0 Å². The molecule has 2 aromatic carbocycles. The molecule has 33 heavy (non-hydrogen) atoms. The Morgan fingerprint density at radius 3 is 2.00 bits per heavy atom. The maximum Gasteiger partial charge on any atom is 0.278 e. The molecule has 0 aliphatic carbocycles. The summed E-state index contributed by atoms with van der Waals surface area (Å²) >= 11 is 1.15. The van der Waals surface area contributed by atoms with Crippen molar-refractivity contribution in [1.29, 1.82) is 0 Å². The van der Waals surface area contributed by atoms with Crippen LogP contribution < -0.4 is 5.32 Å². The largest absolute Gasteiger partial charge is 0.379 e. The molecule has 0 unspecified atom stereocenters. The predicted molar refractivity (Wildman–Crippen MR) is 129 cm³/mol. The minimum absolute atomic E-state index is 0.295. The molecule has 0 radical (unpaired) electrons. The van der Waals surface area contributed by atoms with Crippen molar-refractivity contribution in [2.75, 3.05) is 13.1 Å². The summed E-state index contributed by atoms with van der Waals surface area (Å²) in [7, 11) is 0. The fraction of sp³-hybridized carbons (Fsp3) is 0.231. The van der Waals surface area contributed by atoms with E-state index < -0.39 is 0 Å². The van der Waals surface area contributed by atoms with E-state index in [-0.39, 0.29) is 11.8 Å². The molecule has 168 valence electrons. The number of aryl methyl sites for hydroxylation is 2. The molecule has 4 rings (SSSR count). The minimum Gasteiger partial charge on any atom is -0.379 e. The molecular formula is C26H26N4O2S. The molecule has 3 aromatic rings. The van der Waals surface area contributed by atoms with Crippen LogP contribution in [0.5, 0.6) is 0 Å². The molecule has 0 saturated heterocycles. The standard InChI is InChI=1S/C26H26N4O2S/c1-18-17-19(2)29-26(28-18)33-23-22(27-15-13-20-9-5-3-6-10-20)24(31)30(25(23)32)16-14-21-11-7-4-8-12-21/h3-12,17,27H,13-16H2,1-2H3. The second-order valence-corrected chi connectivity index (χ2v) is 8.88. The molecule has 7 heteroatoms. The second-order valence-electron chi connectivity index (χ2n) is 7.90. The zero-order valence-electron chi connectivity index (χ0n) is 18.7. The van der Waals surface area contributed by atoms with Gasteiger partial charge in [-0.2, -0.15) is 0 Å². The van der Waals surface area contributed by atoms with E-state index in [0.29, 0.717) is 35.3 Å². The third kappa shape index (κ3) is 5.68. The van der Waals surface area contributed by atoms with Gasteiger partial charge in [0.15, 0.2) is 5.16 Å². The summed E-state index contributed by atoms with van der Waals surface area (Å²) in [5.41, 5.74) is 4.21. The molecule has 0 atom stereocenters. The van der Waals surface area contributed by atoms with E-state index in [1.54, 1.807) is 0 Å². The van der Waals surface area contributed by atoms with Crippen LogP contribution in [0, 0.1) is 13.8 Å². The summed E-state index contributed by atoms with van der Waals surface area (Å²) in [5.74, 6) is -0.596. The van der Waals surface area contributed by atoms with Gasteiger partial charge in [0.2, 0.25) is 0 Å². The second kappa shape index (κ2) is 10.4. The summed E-state index contributed by atoms with van der Waals surface area (Å²) in [6.07, 6.45) is 1.35. The number of imide groups is 1. The van der Waals surface area contributed by atoms with Gasteiger partial charge in [-0.05, 0) is 55.6 Å². The van der Waals surface area contributed by atoms with E-state index in [1.165, 1.54) is 4.90 Å². The minimum atomic E-state index is -0.300. The first kappa shape index (κ1) is 22.7. The quantitative estimate of drug-likeness (QED) is 0.388. The van der Waals surface area contributed by atoms with Crippen molar-refractivity contribution in [3.8, 4) is 0 Å². The molecule has 0 fully saturated rings. The molecule has 2 heterocycles. The van der Waals surface area contributed by atoms with Crippen LogP contribution in [0.15, 0.2) is 82.5 Å². The van der Waals surface area contributed by atoms with Gasteiger partial charge in [0.25, 0.3) is 11.8 Å². The van der Waals surface area contributed by atoms with Gasteiger partial charge >= 0.3 is 0 Å². The van der Waals surface area contributed by atoms with E-state index in [2.05, 4.69) is 15.3 Å². The number of nitrogens with zero attached hydrogens (tertiary/aromatic N) is 3. The van der Waals surface area contributed by atoms with E-state index in [9.17, 15) is 9.59 Å². The van der Waals surface area contributed by atoms with Crippen LogP contribution in [0.2, 0.25) is 0 Å². The summed E-state index contributed by atoms with van der Waals surface area (Å²) in [5, 5.41) is 3.70.